The third-order valence-corrected chi connectivity index (χ3v) is 2.66. The van der Waals surface area contributed by atoms with Crippen LogP contribution in [-0.4, -0.2) is 12.5 Å². The highest BCUT2D eigenvalue weighted by Gasteiger charge is 2.04. The average Bonchev–Trinajstić information content (AvgIpc) is 2.13. The van der Waals surface area contributed by atoms with Crippen LogP contribution in [0, 0.1) is 6.92 Å². The monoisotopic (exact) mass is 246 g/mol. The number of aryl methyl sites for hydroxylation is 1. The molecule has 1 rings (SSSR count). The normalized spacial score (nSPS) is 10.1. The molecule has 0 atom stereocenters. The molecule has 0 fully saturated rings. The van der Waals surface area contributed by atoms with Crippen molar-refractivity contribution in [1.82, 2.24) is 0 Å². The van der Waals surface area contributed by atoms with E-state index >= 15 is 0 Å². The number of benzene rings is 1. The summed E-state index contributed by atoms with van der Waals surface area (Å²) >= 11 is 11.9. The van der Waals surface area contributed by atoms with Gasteiger partial charge in [0.1, 0.15) is 0 Å². The Morgan fingerprint density at radius 3 is 2.67 bits per heavy atom. The first kappa shape index (κ1) is 12.1. The van der Waals surface area contributed by atoms with Gasteiger partial charge in [-0.05, 0) is 24.6 Å². The Balaban J connectivity index is 2.69. The highest BCUT2D eigenvalue weighted by atomic mass is 35.5. The predicted octanol–water partition coefficient (Wildman–Crippen LogP) is 2.59. The number of carbonyl (C=O) groups is 1. The molecule has 1 aromatic carbocycles. The van der Waals surface area contributed by atoms with Gasteiger partial charge < -0.3 is 11.1 Å². The fourth-order valence-electron chi connectivity index (χ4n) is 1.10. The van der Waals surface area contributed by atoms with Crippen molar-refractivity contribution >= 4 is 34.8 Å². The number of primary amides is 1. The molecule has 3 N–H and O–H groups in total. The summed E-state index contributed by atoms with van der Waals surface area (Å²) in [4.78, 5) is 10.5. The lowest BCUT2D eigenvalue weighted by atomic mass is 10.2. The fourth-order valence-corrected chi connectivity index (χ4v) is 1.55. The Kier molecular flexibility index (Phi) is 4.24. The standard InChI is InChI=1S/C10H12Cl2N2O/c1-6-4-8(12)9(5-7(6)11)14-3-2-10(13)15/h4-5,14H,2-3H2,1H3,(H2,13,15). The van der Waals surface area contributed by atoms with E-state index in [1.807, 2.05) is 6.92 Å². The van der Waals surface area contributed by atoms with Crippen LogP contribution in [0.1, 0.15) is 12.0 Å². The quantitative estimate of drug-likeness (QED) is 0.859. The van der Waals surface area contributed by atoms with Gasteiger partial charge in [0.2, 0.25) is 5.91 Å². The predicted molar refractivity (Wildman–Crippen MR) is 63.5 cm³/mol. The molecule has 0 spiro atoms. The maximum Gasteiger partial charge on any atom is 0.219 e. The van der Waals surface area contributed by atoms with E-state index in [1.165, 1.54) is 0 Å². The molecular formula is C10H12Cl2N2O. The molecule has 3 nitrogen and oxygen atoms in total. The molecule has 0 aromatic heterocycles. The first-order chi connectivity index (χ1) is 7.00. The van der Waals surface area contributed by atoms with Gasteiger partial charge in [0, 0.05) is 18.0 Å². The first-order valence-corrected chi connectivity index (χ1v) is 5.24. The van der Waals surface area contributed by atoms with Crippen LogP contribution in [-0.2, 0) is 4.79 Å². The molecule has 15 heavy (non-hydrogen) atoms. The summed E-state index contributed by atoms with van der Waals surface area (Å²) in [6, 6.07) is 3.51. The Labute approximate surface area is 98.5 Å². The van der Waals surface area contributed by atoms with Crippen molar-refractivity contribution in [2.45, 2.75) is 13.3 Å². The van der Waals surface area contributed by atoms with Crippen molar-refractivity contribution in [3.05, 3.63) is 27.7 Å². The molecule has 0 saturated heterocycles. The van der Waals surface area contributed by atoms with Crippen molar-refractivity contribution in [2.24, 2.45) is 5.73 Å². The van der Waals surface area contributed by atoms with E-state index in [2.05, 4.69) is 5.32 Å². The smallest absolute Gasteiger partial charge is 0.219 e. The zero-order chi connectivity index (χ0) is 11.4. The van der Waals surface area contributed by atoms with Crippen LogP contribution in [0.4, 0.5) is 5.69 Å². The summed E-state index contributed by atoms with van der Waals surface area (Å²) < 4.78 is 0. The number of halogens is 2. The zero-order valence-electron chi connectivity index (χ0n) is 8.31. The van der Waals surface area contributed by atoms with Crippen LogP contribution >= 0.6 is 23.2 Å². The van der Waals surface area contributed by atoms with Gasteiger partial charge in [-0.25, -0.2) is 0 Å². The van der Waals surface area contributed by atoms with Gasteiger partial charge in [0.05, 0.1) is 10.7 Å². The van der Waals surface area contributed by atoms with E-state index in [-0.39, 0.29) is 12.3 Å². The molecule has 0 unspecified atom stereocenters. The molecule has 1 amide bonds. The summed E-state index contributed by atoms with van der Waals surface area (Å²) in [5.74, 6) is -0.350. The van der Waals surface area contributed by atoms with Crippen molar-refractivity contribution in [1.29, 1.82) is 0 Å². The van der Waals surface area contributed by atoms with E-state index in [9.17, 15) is 4.79 Å². The minimum Gasteiger partial charge on any atom is -0.383 e. The summed E-state index contributed by atoms with van der Waals surface area (Å²) in [6.07, 6.45) is 0.266. The van der Waals surface area contributed by atoms with Gasteiger partial charge in [-0.2, -0.15) is 0 Å². The second kappa shape index (κ2) is 5.24. The fraction of sp³-hybridized carbons (Fsp3) is 0.300. The summed E-state index contributed by atoms with van der Waals surface area (Å²) in [6.45, 7) is 2.33. The highest BCUT2D eigenvalue weighted by Crippen LogP contribution is 2.28. The van der Waals surface area contributed by atoms with E-state index in [4.69, 9.17) is 28.9 Å². The first-order valence-electron chi connectivity index (χ1n) is 4.48. The largest absolute Gasteiger partial charge is 0.383 e. The number of anilines is 1. The van der Waals surface area contributed by atoms with Crippen molar-refractivity contribution in [3.63, 3.8) is 0 Å². The number of hydrogen-bond acceptors (Lipinski definition) is 2. The molecule has 0 bridgehead atoms. The summed E-state index contributed by atoms with van der Waals surface area (Å²) in [7, 11) is 0. The molecule has 0 saturated carbocycles. The van der Waals surface area contributed by atoms with Crippen molar-refractivity contribution in [2.75, 3.05) is 11.9 Å². The third kappa shape index (κ3) is 3.61. The van der Waals surface area contributed by atoms with Gasteiger partial charge in [-0.3, -0.25) is 4.79 Å². The lowest BCUT2D eigenvalue weighted by Crippen LogP contribution is -2.15. The van der Waals surface area contributed by atoms with Gasteiger partial charge >= 0.3 is 0 Å². The third-order valence-electron chi connectivity index (χ3n) is 1.94. The summed E-state index contributed by atoms with van der Waals surface area (Å²) in [5, 5.41) is 4.22. The molecule has 82 valence electrons. The number of nitrogens with one attached hydrogen (secondary N) is 1. The molecule has 0 aliphatic rings. The van der Waals surface area contributed by atoms with E-state index in [0.29, 0.717) is 22.3 Å². The number of hydrogen-bond donors (Lipinski definition) is 2. The molecule has 1 aromatic rings. The Hall–Kier alpha value is -0.930. The molecule has 5 heteroatoms. The Bertz CT molecular complexity index is 380. The zero-order valence-corrected chi connectivity index (χ0v) is 9.82. The van der Waals surface area contributed by atoms with Gasteiger partial charge in [-0.15, -0.1) is 0 Å². The second-order valence-corrected chi connectivity index (χ2v) is 4.04. The number of carbonyl (C=O) groups excluding carboxylic acids is 1. The SMILES string of the molecule is Cc1cc(Cl)c(NCCC(N)=O)cc1Cl. The topological polar surface area (TPSA) is 55.1 Å². The minimum atomic E-state index is -0.350. The maximum absolute atomic E-state index is 10.5. The highest BCUT2D eigenvalue weighted by molar-refractivity contribution is 6.35. The van der Waals surface area contributed by atoms with Crippen molar-refractivity contribution < 1.29 is 4.79 Å². The second-order valence-electron chi connectivity index (χ2n) is 3.22. The molecule has 0 heterocycles. The van der Waals surface area contributed by atoms with Crippen LogP contribution in [0.25, 0.3) is 0 Å². The van der Waals surface area contributed by atoms with Gasteiger partial charge in [0.15, 0.2) is 0 Å². The lowest BCUT2D eigenvalue weighted by molar-refractivity contribution is -0.117. The van der Waals surface area contributed by atoms with E-state index in [1.54, 1.807) is 12.1 Å². The minimum absolute atomic E-state index is 0.266. The van der Waals surface area contributed by atoms with Gasteiger partial charge in [-0.1, -0.05) is 23.2 Å². The van der Waals surface area contributed by atoms with Crippen LogP contribution in [0.3, 0.4) is 0 Å². The van der Waals surface area contributed by atoms with Crippen LogP contribution in [0.2, 0.25) is 10.0 Å². The Morgan fingerprint density at radius 1 is 1.40 bits per heavy atom. The Morgan fingerprint density at radius 2 is 2.07 bits per heavy atom. The number of nitrogens with two attached hydrogens (primary N) is 1. The van der Waals surface area contributed by atoms with Crippen molar-refractivity contribution in [3.8, 4) is 0 Å². The summed E-state index contributed by atoms with van der Waals surface area (Å²) in [5.41, 5.74) is 6.65. The van der Waals surface area contributed by atoms with Crippen LogP contribution in [0.5, 0.6) is 0 Å². The molecule has 0 radical (unpaired) electrons. The number of rotatable bonds is 4. The van der Waals surface area contributed by atoms with E-state index < -0.39 is 0 Å². The lowest BCUT2D eigenvalue weighted by Gasteiger charge is -2.09. The maximum atomic E-state index is 10.5. The molecule has 0 aliphatic carbocycles. The average molecular weight is 247 g/mol. The van der Waals surface area contributed by atoms with Crippen LogP contribution < -0.4 is 11.1 Å². The van der Waals surface area contributed by atoms with E-state index in [0.717, 1.165) is 5.56 Å². The molecular weight excluding hydrogens is 235 g/mol. The van der Waals surface area contributed by atoms with Gasteiger partial charge in [0.25, 0.3) is 0 Å². The molecule has 0 aliphatic heterocycles. The number of amides is 1. The van der Waals surface area contributed by atoms with Crippen LogP contribution in [0.15, 0.2) is 12.1 Å².